The molecule has 0 bridgehead atoms. The van der Waals surface area contributed by atoms with E-state index in [0.29, 0.717) is 5.92 Å². The van der Waals surface area contributed by atoms with Crippen LogP contribution < -0.4 is 10.6 Å². The minimum absolute atomic E-state index is 0.269. The highest BCUT2D eigenvalue weighted by Crippen LogP contribution is 2.29. The second-order valence-electron chi connectivity index (χ2n) is 5.00. The van der Waals surface area contributed by atoms with Gasteiger partial charge in [-0.1, -0.05) is 6.42 Å². The van der Waals surface area contributed by atoms with Gasteiger partial charge in [0.15, 0.2) is 0 Å². The zero-order valence-electron chi connectivity index (χ0n) is 9.43. The van der Waals surface area contributed by atoms with Gasteiger partial charge in [-0.3, -0.25) is 4.79 Å². The number of carbonyl (C=O) groups is 1. The summed E-state index contributed by atoms with van der Waals surface area (Å²) in [6, 6.07) is 0. The molecule has 1 aliphatic heterocycles. The minimum Gasteiger partial charge on any atom is -0.356 e. The molecule has 1 saturated heterocycles. The van der Waals surface area contributed by atoms with Gasteiger partial charge in [0.05, 0.1) is 0 Å². The largest absolute Gasteiger partial charge is 0.356 e. The molecule has 0 aromatic rings. The van der Waals surface area contributed by atoms with Gasteiger partial charge in [-0.25, -0.2) is 0 Å². The van der Waals surface area contributed by atoms with E-state index in [1.54, 1.807) is 0 Å². The quantitative estimate of drug-likeness (QED) is 0.718. The maximum atomic E-state index is 11.5. The topological polar surface area (TPSA) is 41.1 Å². The first-order chi connectivity index (χ1) is 7.34. The molecule has 3 heteroatoms. The molecule has 1 atom stereocenters. The lowest BCUT2D eigenvalue weighted by Gasteiger charge is -2.24. The molecule has 1 amide bonds. The molecule has 2 N–H and O–H groups in total. The molecule has 2 rings (SSSR count). The van der Waals surface area contributed by atoms with E-state index in [9.17, 15) is 4.79 Å². The van der Waals surface area contributed by atoms with E-state index >= 15 is 0 Å². The fraction of sp³-hybridized carbons (Fsp3) is 0.917. The van der Waals surface area contributed by atoms with E-state index in [4.69, 9.17) is 0 Å². The Balaban J connectivity index is 1.50. The van der Waals surface area contributed by atoms with E-state index in [1.807, 2.05) is 0 Å². The van der Waals surface area contributed by atoms with Crippen LogP contribution >= 0.6 is 0 Å². The third-order valence-corrected chi connectivity index (χ3v) is 3.74. The predicted octanol–water partition coefficient (Wildman–Crippen LogP) is 1.29. The van der Waals surface area contributed by atoms with Crippen LogP contribution in [0.5, 0.6) is 0 Å². The fourth-order valence-corrected chi connectivity index (χ4v) is 2.41. The molecule has 0 radical (unpaired) electrons. The minimum atomic E-state index is 0.269. The van der Waals surface area contributed by atoms with Gasteiger partial charge in [0.2, 0.25) is 5.91 Å². The predicted molar refractivity (Wildman–Crippen MR) is 60.6 cm³/mol. The second kappa shape index (κ2) is 5.50. The van der Waals surface area contributed by atoms with Crippen molar-refractivity contribution in [2.75, 3.05) is 19.6 Å². The molecule has 0 aromatic carbocycles. The first-order valence-electron chi connectivity index (χ1n) is 6.32. The number of amides is 1. The van der Waals surface area contributed by atoms with Gasteiger partial charge < -0.3 is 10.6 Å². The van der Waals surface area contributed by atoms with Crippen LogP contribution in [0, 0.1) is 11.8 Å². The summed E-state index contributed by atoms with van der Waals surface area (Å²) in [7, 11) is 0. The third-order valence-electron chi connectivity index (χ3n) is 3.74. The summed E-state index contributed by atoms with van der Waals surface area (Å²) >= 11 is 0. The van der Waals surface area contributed by atoms with Crippen LogP contribution in [0.3, 0.4) is 0 Å². The summed E-state index contributed by atoms with van der Waals surface area (Å²) < 4.78 is 0. The van der Waals surface area contributed by atoms with Crippen molar-refractivity contribution >= 4 is 5.91 Å². The maximum Gasteiger partial charge on any atom is 0.220 e. The molecule has 0 aromatic heterocycles. The molecule has 2 fully saturated rings. The average Bonchev–Trinajstić information content (AvgIpc) is 2.64. The summed E-state index contributed by atoms with van der Waals surface area (Å²) in [5, 5.41) is 6.39. The molecular weight excluding hydrogens is 188 g/mol. The highest BCUT2D eigenvalue weighted by molar-refractivity contribution is 5.76. The first kappa shape index (κ1) is 10.9. The number of carbonyl (C=O) groups excluding carboxylic acids is 1. The van der Waals surface area contributed by atoms with Gasteiger partial charge in [0.25, 0.3) is 0 Å². The summed E-state index contributed by atoms with van der Waals surface area (Å²) in [5.74, 6) is 1.75. The van der Waals surface area contributed by atoms with Crippen LogP contribution in [0.15, 0.2) is 0 Å². The molecular formula is C12H22N2O. The van der Waals surface area contributed by atoms with Crippen LogP contribution in [-0.2, 0) is 4.79 Å². The molecule has 1 heterocycles. The molecule has 1 aliphatic carbocycles. The Morgan fingerprint density at radius 3 is 2.73 bits per heavy atom. The normalized spacial score (nSPS) is 26.3. The molecule has 86 valence electrons. The second-order valence-corrected chi connectivity index (χ2v) is 5.00. The Morgan fingerprint density at radius 2 is 2.13 bits per heavy atom. The summed E-state index contributed by atoms with van der Waals surface area (Å²) in [5.41, 5.74) is 0. The SMILES string of the molecule is O=C(CC1CCC1)NCCC1CCNC1. The summed E-state index contributed by atoms with van der Waals surface area (Å²) in [4.78, 5) is 11.5. The highest BCUT2D eigenvalue weighted by Gasteiger charge is 2.20. The van der Waals surface area contributed by atoms with Crippen LogP contribution in [0.2, 0.25) is 0 Å². The van der Waals surface area contributed by atoms with Crippen LogP contribution in [0.4, 0.5) is 0 Å². The first-order valence-corrected chi connectivity index (χ1v) is 6.32. The van der Waals surface area contributed by atoms with E-state index < -0.39 is 0 Å². The van der Waals surface area contributed by atoms with Crippen molar-refractivity contribution in [2.24, 2.45) is 11.8 Å². The van der Waals surface area contributed by atoms with E-state index in [2.05, 4.69) is 10.6 Å². The van der Waals surface area contributed by atoms with Crippen molar-refractivity contribution in [3.05, 3.63) is 0 Å². The van der Waals surface area contributed by atoms with Crippen LogP contribution in [-0.4, -0.2) is 25.5 Å². The van der Waals surface area contributed by atoms with Gasteiger partial charge in [0.1, 0.15) is 0 Å². The number of hydrogen-bond donors (Lipinski definition) is 2. The van der Waals surface area contributed by atoms with Gasteiger partial charge >= 0.3 is 0 Å². The zero-order chi connectivity index (χ0) is 10.5. The van der Waals surface area contributed by atoms with E-state index in [0.717, 1.165) is 38.4 Å². The number of hydrogen-bond acceptors (Lipinski definition) is 2. The van der Waals surface area contributed by atoms with Crippen molar-refractivity contribution in [3.8, 4) is 0 Å². The van der Waals surface area contributed by atoms with Crippen molar-refractivity contribution in [2.45, 2.75) is 38.5 Å². The monoisotopic (exact) mass is 210 g/mol. The standard InChI is InChI=1S/C12H22N2O/c15-12(8-10-2-1-3-10)14-7-5-11-4-6-13-9-11/h10-11,13H,1-9H2,(H,14,15). The Bertz CT molecular complexity index is 208. The molecule has 2 aliphatic rings. The Labute approximate surface area is 92.0 Å². The Kier molecular flexibility index (Phi) is 4.01. The number of rotatable bonds is 5. The Hall–Kier alpha value is -0.570. The van der Waals surface area contributed by atoms with Gasteiger partial charge in [0, 0.05) is 13.0 Å². The highest BCUT2D eigenvalue weighted by atomic mass is 16.1. The fourth-order valence-electron chi connectivity index (χ4n) is 2.41. The number of nitrogens with one attached hydrogen (secondary N) is 2. The molecule has 1 unspecified atom stereocenters. The van der Waals surface area contributed by atoms with Crippen LogP contribution in [0.25, 0.3) is 0 Å². The van der Waals surface area contributed by atoms with Gasteiger partial charge in [-0.2, -0.15) is 0 Å². The molecule has 1 saturated carbocycles. The molecule has 0 spiro atoms. The average molecular weight is 210 g/mol. The van der Waals surface area contributed by atoms with Crippen molar-refractivity contribution in [3.63, 3.8) is 0 Å². The Morgan fingerprint density at radius 1 is 1.27 bits per heavy atom. The van der Waals surface area contributed by atoms with Crippen molar-refractivity contribution in [1.82, 2.24) is 10.6 Å². The molecule has 15 heavy (non-hydrogen) atoms. The van der Waals surface area contributed by atoms with Gasteiger partial charge in [-0.15, -0.1) is 0 Å². The summed E-state index contributed by atoms with van der Waals surface area (Å²) in [6.45, 7) is 3.16. The van der Waals surface area contributed by atoms with Gasteiger partial charge in [-0.05, 0) is 50.6 Å². The van der Waals surface area contributed by atoms with E-state index in [1.165, 1.54) is 25.7 Å². The molecule has 3 nitrogen and oxygen atoms in total. The van der Waals surface area contributed by atoms with Crippen molar-refractivity contribution < 1.29 is 4.79 Å². The summed E-state index contributed by atoms with van der Waals surface area (Å²) in [6.07, 6.45) is 7.04. The lowest BCUT2D eigenvalue weighted by Crippen LogP contribution is -2.29. The smallest absolute Gasteiger partial charge is 0.220 e. The third kappa shape index (κ3) is 3.49. The van der Waals surface area contributed by atoms with Crippen molar-refractivity contribution in [1.29, 1.82) is 0 Å². The lowest BCUT2D eigenvalue weighted by molar-refractivity contribution is -0.122. The lowest BCUT2D eigenvalue weighted by atomic mass is 9.83. The zero-order valence-corrected chi connectivity index (χ0v) is 9.43. The van der Waals surface area contributed by atoms with E-state index in [-0.39, 0.29) is 5.91 Å². The van der Waals surface area contributed by atoms with Crippen LogP contribution in [0.1, 0.15) is 38.5 Å². The maximum absolute atomic E-state index is 11.5.